The average molecular weight is 248 g/mol. The summed E-state index contributed by atoms with van der Waals surface area (Å²) in [5, 5.41) is 3.05. The first-order valence-corrected chi connectivity index (χ1v) is 6.45. The van der Waals surface area contributed by atoms with Gasteiger partial charge in [0.1, 0.15) is 5.75 Å². The van der Waals surface area contributed by atoms with E-state index in [0.717, 1.165) is 12.8 Å². The molecule has 1 aromatic carbocycles. The van der Waals surface area contributed by atoms with E-state index in [2.05, 4.69) is 5.32 Å². The Labute approximate surface area is 108 Å². The molecule has 1 fully saturated rings. The minimum Gasteiger partial charge on any atom is -0.495 e. The lowest BCUT2D eigenvalue weighted by Gasteiger charge is -2.23. The number of benzene rings is 1. The van der Waals surface area contributed by atoms with Crippen LogP contribution >= 0.6 is 0 Å². The fraction of sp³-hybridized carbons (Fsp3) is 0.500. The van der Waals surface area contributed by atoms with Crippen molar-refractivity contribution in [2.75, 3.05) is 12.8 Å². The SMILES string of the molecule is COc1cccc(C(=O)NC2CCCCC2)c1N. The van der Waals surface area contributed by atoms with Crippen LogP contribution in [0.4, 0.5) is 5.69 Å². The summed E-state index contributed by atoms with van der Waals surface area (Å²) in [6.45, 7) is 0. The van der Waals surface area contributed by atoms with E-state index in [1.54, 1.807) is 25.3 Å². The van der Waals surface area contributed by atoms with Gasteiger partial charge in [0.25, 0.3) is 5.91 Å². The maximum Gasteiger partial charge on any atom is 0.253 e. The molecule has 0 aliphatic heterocycles. The van der Waals surface area contributed by atoms with Crippen LogP contribution in [0.2, 0.25) is 0 Å². The number of nitrogens with two attached hydrogens (primary N) is 1. The Morgan fingerprint density at radius 2 is 2.06 bits per heavy atom. The van der Waals surface area contributed by atoms with Crippen LogP contribution in [0.1, 0.15) is 42.5 Å². The van der Waals surface area contributed by atoms with Crippen molar-refractivity contribution in [1.29, 1.82) is 0 Å². The molecule has 18 heavy (non-hydrogen) atoms. The zero-order valence-electron chi connectivity index (χ0n) is 10.7. The highest BCUT2D eigenvalue weighted by molar-refractivity contribution is 6.00. The van der Waals surface area contributed by atoms with Gasteiger partial charge in [-0.05, 0) is 25.0 Å². The molecule has 4 nitrogen and oxygen atoms in total. The number of hydrogen-bond acceptors (Lipinski definition) is 3. The third-order valence-corrected chi connectivity index (χ3v) is 3.47. The Morgan fingerprint density at radius 1 is 1.33 bits per heavy atom. The van der Waals surface area contributed by atoms with Crippen LogP contribution in [0.25, 0.3) is 0 Å². The molecule has 0 atom stereocenters. The molecule has 0 unspecified atom stereocenters. The highest BCUT2D eigenvalue weighted by atomic mass is 16.5. The highest BCUT2D eigenvalue weighted by Gasteiger charge is 2.18. The molecule has 2 rings (SSSR count). The van der Waals surface area contributed by atoms with Crippen LogP contribution in [0, 0.1) is 0 Å². The second-order valence-corrected chi connectivity index (χ2v) is 4.73. The number of nitrogen functional groups attached to an aromatic ring is 1. The molecule has 1 aromatic rings. The second-order valence-electron chi connectivity index (χ2n) is 4.73. The predicted molar refractivity (Wildman–Crippen MR) is 71.7 cm³/mol. The minimum absolute atomic E-state index is 0.0988. The van der Waals surface area contributed by atoms with Crippen LogP contribution in [-0.4, -0.2) is 19.1 Å². The number of carbonyl (C=O) groups is 1. The Balaban J connectivity index is 2.08. The topological polar surface area (TPSA) is 64.3 Å². The molecular formula is C14H20N2O2. The summed E-state index contributed by atoms with van der Waals surface area (Å²) in [6, 6.07) is 5.56. The van der Waals surface area contributed by atoms with E-state index in [1.165, 1.54) is 19.3 Å². The monoisotopic (exact) mass is 248 g/mol. The third-order valence-electron chi connectivity index (χ3n) is 3.47. The van der Waals surface area contributed by atoms with Crippen LogP contribution in [0.5, 0.6) is 5.75 Å². The maximum absolute atomic E-state index is 12.2. The molecule has 1 aliphatic rings. The van der Waals surface area contributed by atoms with Gasteiger partial charge in [0, 0.05) is 6.04 Å². The normalized spacial score (nSPS) is 16.3. The van der Waals surface area contributed by atoms with Gasteiger partial charge in [-0.15, -0.1) is 0 Å². The lowest BCUT2D eigenvalue weighted by molar-refractivity contribution is 0.0928. The summed E-state index contributed by atoms with van der Waals surface area (Å²) < 4.78 is 5.12. The number of ether oxygens (including phenoxy) is 1. The van der Waals surface area contributed by atoms with E-state index in [1.807, 2.05) is 0 Å². The number of rotatable bonds is 3. The molecule has 1 saturated carbocycles. The molecule has 3 N–H and O–H groups in total. The van der Waals surface area contributed by atoms with E-state index in [4.69, 9.17) is 10.5 Å². The Kier molecular flexibility index (Phi) is 4.07. The van der Waals surface area contributed by atoms with Crippen molar-refractivity contribution in [1.82, 2.24) is 5.32 Å². The molecule has 1 aliphatic carbocycles. The minimum atomic E-state index is -0.0988. The van der Waals surface area contributed by atoms with Gasteiger partial charge < -0.3 is 15.8 Å². The zero-order valence-corrected chi connectivity index (χ0v) is 10.7. The predicted octanol–water partition coefficient (Wildman–Crippen LogP) is 2.34. The average Bonchev–Trinajstić information content (AvgIpc) is 2.40. The summed E-state index contributed by atoms with van der Waals surface area (Å²) >= 11 is 0. The van der Waals surface area contributed by atoms with E-state index >= 15 is 0 Å². The van der Waals surface area contributed by atoms with Gasteiger partial charge in [0.2, 0.25) is 0 Å². The summed E-state index contributed by atoms with van der Waals surface area (Å²) in [4.78, 5) is 12.2. The van der Waals surface area contributed by atoms with Crippen LogP contribution in [0.15, 0.2) is 18.2 Å². The van der Waals surface area contributed by atoms with Gasteiger partial charge in [-0.25, -0.2) is 0 Å². The number of anilines is 1. The van der Waals surface area contributed by atoms with Gasteiger partial charge in [-0.3, -0.25) is 4.79 Å². The molecule has 0 heterocycles. The fourth-order valence-electron chi connectivity index (χ4n) is 2.43. The van der Waals surface area contributed by atoms with E-state index in [0.29, 0.717) is 17.0 Å². The molecule has 0 saturated heterocycles. The first-order valence-electron chi connectivity index (χ1n) is 6.45. The quantitative estimate of drug-likeness (QED) is 0.807. The standard InChI is InChI=1S/C14H20N2O2/c1-18-12-9-5-8-11(13(12)15)14(17)16-10-6-3-2-4-7-10/h5,8-10H,2-4,6-7,15H2,1H3,(H,16,17). The maximum atomic E-state index is 12.2. The summed E-state index contributed by atoms with van der Waals surface area (Å²) in [5.41, 5.74) is 6.82. The summed E-state index contributed by atoms with van der Waals surface area (Å²) in [5.74, 6) is 0.449. The number of amides is 1. The molecule has 0 radical (unpaired) electrons. The number of nitrogens with one attached hydrogen (secondary N) is 1. The van der Waals surface area contributed by atoms with Crippen LogP contribution < -0.4 is 15.8 Å². The second kappa shape index (κ2) is 5.76. The number of methoxy groups -OCH3 is 1. The molecule has 4 heteroatoms. The number of para-hydroxylation sites is 1. The smallest absolute Gasteiger partial charge is 0.253 e. The summed E-state index contributed by atoms with van der Waals surface area (Å²) in [7, 11) is 1.55. The fourth-order valence-corrected chi connectivity index (χ4v) is 2.43. The highest BCUT2D eigenvalue weighted by Crippen LogP contribution is 2.25. The van der Waals surface area contributed by atoms with Gasteiger partial charge in [-0.2, -0.15) is 0 Å². The van der Waals surface area contributed by atoms with E-state index in [-0.39, 0.29) is 11.9 Å². The van der Waals surface area contributed by atoms with E-state index in [9.17, 15) is 4.79 Å². The van der Waals surface area contributed by atoms with Gasteiger partial charge >= 0.3 is 0 Å². The summed E-state index contributed by atoms with van der Waals surface area (Å²) in [6.07, 6.45) is 5.79. The van der Waals surface area contributed by atoms with Gasteiger partial charge in [0.05, 0.1) is 18.4 Å². The van der Waals surface area contributed by atoms with Gasteiger partial charge in [-0.1, -0.05) is 25.3 Å². The Hall–Kier alpha value is -1.71. The van der Waals surface area contributed by atoms with Crippen molar-refractivity contribution < 1.29 is 9.53 Å². The first-order chi connectivity index (χ1) is 8.72. The first kappa shape index (κ1) is 12.7. The van der Waals surface area contributed by atoms with E-state index < -0.39 is 0 Å². The van der Waals surface area contributed by atoms with Gasteiger partial charge in [0.15, 0.2) is 0 Å². The van der Waals surface area contributed by atoms with Crippen LogP contribution in [0.3, 0.4) is 0 Å². The Bertz CT molecular complexity index is 426. The largest absolute Gasteiger partial charge is 0.495 e. The van der Waals surface area contributed by atoms with Crippen molar-refractivity contribution in [3.63, 3.8) is 0 Å². The molecule has 98 valence electrons. The lowest BCUT2D eigenvalue weighted by atomic mass is 9.95. The van der Waals surface area contributed by atoms with Crippen molar-refractivity contribution in [2.24, 2.45) is 0 Å². The van der Waals surface area contributed by atoms with Crippen molar-refractivity contribution in [2.45, 2.75) is 38.1 Å². The van der Waals surface area contributed by atoms with Crippen LogP contribution in [-0.2, 0) is 0 Å². The number of hydrogen-bond donors (Lipinski definition) is 2. The number of carbonyl (C=O) groups excluding carboxylic acids is 1. The molecule has 0 bridgehead atoms. The lowest BCUT2D eigenvalue weighted by Crippen LogP contribution is -2.36. The third kappa shape index (κ3) is 2.75. The van der Waals surface area contributed by atoms with Crippen molar-refractivity contribution in [3.05, 3.63) is 23.8 Å². The Morgan fingerprint density at radius 3 is 2.72 bits per heavy atom. The van der Waals surface area contributed by atoms with Crippen molar-refractivity contribution >= 4 is 11.6 Å². The molecule has 0 spiro atoms. The molecule has 0 aromatic heterocycles. The van der Waals surface area contributed by atoms with Crippen molar-refractivity contribution in [3.8, 4) is 5.75 Å². The molecule has 1 amide bonds. The zero-order chi connectivity index (χ0) is 13.0. The molecular weight excluding hydrogens is 228 g/mol.